The third-order valence-electron chi connectivity index (χ3n) is 15.1. The van der Waals surface area contributed by atoms with Crippen LogP contribution in [0.5, 0.6) is 0 Å². The fraction of sp³-hybridized carbons (Fsp3) is 0.176. The van der Waals surface area contributed by atoms with Crippen molar-refractivity contribution in [3.63, 3.8) is 0 Å². The molecule has 0 spiro atoms. The third-order valence-corrected chi connectivity index (χ3v) is 15.1. The first-order valence-electron chi connectivity index (χ1n) is 33.1. The summed E-state index contributed by atoms with van der Waals surface area (Å²) >= 11 is 0. The van der Waals surface area contributed by atoms with Gasteiger partial charge in [0.15, 0.2) is 6.29 Å². The Morgan fingerprint density at radius 2 is 0.790 bits per heavy atom. The van der Waals surface area contributed by atoms with Gasteiger partial charge in [0.05, 0.1) is 64.2 Å². The molecule has 0 atom stereocenters. The molecular weight excluding hydrogens is 1330 g/mol. The van der Waals surface area contributed by atoms with E-state index in [0.717, 1.165) is 107 Å². The van der Waals surface area contributed by atoms with E-state index < -0.39 is 11.6 Å². The maximum absolute atomic E-state index is 10.9. The Hall–Kier alpha value is -11.3. The summed E-state index contributed by atoms with van der Waals surface area (Å²) in [6.07, 6.45) is 12.5. The first-order chi connectivity index (χ1) is 49.7. The van der Waals surface area contributed by atoms with Crippen molar-refractivity contribution in [1.29, 1.82) is 0 Å². The summed E-state index contributed by atoms with van der Waals surface area (Å²) in [5, 5.41) is 29.5. The van der Waals surface area contributed by atoms with E-state index in [0.29, 0.717) is 18.5 Å². The van der Waals surface area contributed by atoms with Crippen LogP contribution < -0.4 is 46.9 Å². The molecule has 0 fully saturated rings. The van der Waals surface area contributed by atoms with Crippen LogP contribution >= 0.6 is 0 Å². The van der Waals surface area contributed by atoms with Crippen molar-refractivity contribution in [2.75, 3.05) is 14.2 Å². The number of rotatable bonds is 13. The number of pyridine rings is 5. The minimum Gasteiger partial charge on any atom is -0.399 e. The molecule has 105 heavy (non-hydrogen) atoms. The van der Waals surface area contributed by atoms with E-state index in [-0.39, 0.29) is 52.4 Å². The molecule has 0 aliphatic carbocycles. The van der Waals surface area contributed by atoms with E-state index in [1.54, 1.807) is 52.5 Å². The molecule has 0 aliphatic rings. The number of oxime groups is 1. The SMILES string of the molecule is C.CC(C)(Cc1cnc2ccccc2c1)[N+](=O)[O-].CC(C)(N)Cc1cnc2ccccc2c1.CC(C)[N+](=O)[O-].CON.CON=Cc1cnc2ccccc2c1.NCc1cnc2ccccc2c1.O=Cc1cnc2ccccc2c1.[Na+].c1ccc(-c2cc(-c3ccccc3)[o+]c(-c3ccccc3)c2)cc1. The number of fused-ring (bicyclic) bond motifs is 5. The molecule has 0 unspecified atom stereocenters. The van der Waals surface area contributed by atoms with Gasteiger partial charge in [0.2, 0.25) is 11.6 Å². The molecule has 14 rings (SSSR count). The minimum atomic E-state index is -0.954. The summed E-state index contributed by atoms with van der Waals surface area (Å²) in [5.41, 5.74) is 24.4. The van der Waals surface area contributed by atoms with Crippen LogP contribution in [0.2, 0.25) is 0 Å². The van der Waals surface area contributed by atoms with Crippen LogP contribution in [0, 0.1) is 20.2 Å². The van der Waals surface area contributed by atoms with E-state index in [9.17, 15) is 25.0 Å². The van der Waals surface area contributed by atoms with Gasteiger partial charge >= 0.3 is 41.1 Å². The van der Waals surface area contributed by atoms with Crippen LogP contribution in [0.25, 0.3) is 88.3 Å². The van der Waals surface area contributed by atoms with Gasteiger partial charge in [0.25, 0.3) is 0 Å². The number of benzene rings is 8. The number of nitrogens with two attached hydrogens (primary N) is 3. The van der Waals surface area contributed by atoms with Crippen LogP contribution in [0.1, 0.15) is 81.6 Å². The molecule has 8 aromatic carbocycles. The fourth-order valence-corrected chi connectivity index (χ4v) is 9.96. The number of hydrogen-bond donors (Lipinski definition) is 3. The van der Waals surface area contributed by atoms with Gasteiger partial charge in [-0.15, -0.1) is 0 Å². The van der Waals surface area contributed by atoms with Crippen molar-refractivity contribution in [2.24, 2.45) is 22.5 Å². The van der Waals surface area contributed by atoms with E-state index in [1.807, 2.05) is 202 Å². The molecule has 0 radical (unpaired) electrons. The standard InChI is InChI=1S/C23H17O.C13H14N2O2.C13H16N2.C11H10N2O.C10H10N2.C10H7NO.C3H7NO2.CH5NO.CH4.Na/c1-4-10-18(11-5-1)21-16-22(19-12-6-2-7-13-19)24-23(17-21)20-14-8-3-9-15-20;1-13(2,15(16)17)8-10-7-11-5-3-4-6-12(11)14-9-10;1-13(2,14)8-10-7-11-5-3-4-6-12(11)15-9-10;1-14-13-8-9-6-10-4-2-3-5-11(10)12-7-9;11-6-8-5-9-3-1-2-4-10(9)12-7-8;12-7-8-5-9-3-1-2-4-10(9)11-6-8;1-3(2)4(5)6;1-3-2;;/h1-17H;3-7,9H,8H2,1-2H3;3-7,9H,8,14H2,1-2H3;2-8H,1H3;1-5,7H,6,11H2;1-7H;3H,1-2H3;2H2,1H3;1H4;/q+1;;;;;;;;;+1. The van der Waals surface area contributed by atoms with Gasteiger partial charge in [-0.3, -0.25) is 49.9 Å². The molecule has 6 aromatic heterocycles. The summed E-state index contributed by atoms with van der Waals surface area (Å²) in [6.45, 7) is 11.0. The average Bonchev–Trinajstić information content (AvgIpc) is 0.833. The first-order valence-corrected chi connectivity index (χ1v) is 33.1. The van der Waals surface area contributed by atoms with Crippen molar-refractivity contribution < 1.29 is 58.3 Å². The molecule has 19 nitrogen and oxygen atoms in total. The summed E-state index contributed by atoms with van der Waals surface area (Å²) in [7, 11) is 2.92. The first kappa shape index (κ1) is 84.4. The van der Waals surface area contributed by atoms with Gasteiger partial charge < -0.3 is 21.1 Å². The summed E-state index contributed by atoms with van der Waals surface area (Å²) in [6, 6.07) is 84.3. The number of nitrogens with zero attached hydrogens (tertiary/aromatic N) is 8. The molecule has 6 N–H and O–H groups in total. The second-order valence-corrected chi connectivity index (χ2v) is 25.0. The van der Waals surface area contributed by atoms with E-state index >= 15 is 0 Å². The Kier molecular flexibility index (Phi) is 35.1. The Balaban J connectivity index is 0.000000223. The average molecular weight is 1420 g/mol. The molecule has 0 saturated carbocycles. The monoisotopic (exact) mass is 1420 g/mol. The fourth-order valence-electron chi connectivity index (χ4n) is 9.96. The molecule has 532 valence electrons. The zero-order chi connectivity index (χ0) is 74.0. The summed E-state index contributed by atoms with van der Waals surface area (Å²) in [5.74, 6) is 6.09. The summed E-state index contributed by atoms with van der Waals surface area (Å²) < 4.78 is 6.21. The van der Waals surface area contributed by atoms with Gasteiger partial charge in [-0.2, -0.15) is 0 Å². The number of hydrogen-bond acceptors (Lipinski definition) is 16. The zero-order valence-corrected chi connectivity index (χ0v) is 62.1. The molecule has 0 aliphatic heterocycles. The van der Waals surface area contributed by atoms with Gasteiger partial charge in [-0.25, -0.2) is 10.3 Å². The molecule has 6 heterocycles. The molecule has 14 aromatic rings. The van der Waals surface area contributed by atoms with Crippen molar-refractivity contribution >= 4 is 67.0 Å². The van der Waals surface area contributed by atoms with Crippen molar-refractivity contribution in [2.45, 2.75) is 85.5 Å². The number of para-hydroxylation sites is 5. The van der Waals surface area contributed by atoms with Crippen LogP contribution in [-0.2, 0) is 29.1 Å². The van der Waals surface area contributed by atoms with E-state index in [4.69, 9.17) is 15.9 Å². The smallest absolute Gasteiger partial charge is 0.399 e. The Morgan fingerprint density at radius 3 is 1.14 bits per heavy atom. The van der Waals surface area contributed by atoms with Crippen LogP contribution in [0.4, 0.5) is 0 Å². The second kappa shape index (κ2) is 43.6. The summed E-state index contributed by atoms with van der Waals surface area (Å²) in [4.78, 5) is 59.9. The Labute approximate surface area is 635 Å². The van der Waals surface area contributed by atoms with E-state index in [1.165, 1.54) is 30.7 Å². The van der Waals surface area contributed by atoms with Gasteiger partial charge in [0.1, 0.15) is 7.11 Å². The Bertz CT molecular complexity index is 4870. The third kappa shape index (κ3) is 28.1. The van der Waals surface area contributed by atoms with Crippen molar-refractivity contribution in [3.8, 4) is 33.8 Å². The number of nitro groups is 2. The van der Waals surface area contributed by atoms with Crippen LogP contribution in [-0.4, -0.2) is 78.6 Å². The predicted octanol–water partition coefficient (Wildman–Crippen LogP) is 15.7. The number of aromatic nitrogens is 5. The van der Waals surface area contributed by atoms with E-state index in [2.05, 4.69) is 125 Å². The Morgan fingerprint density at radius 1 is 0.476 bits per heavy atom. The second-order valence-electron chi connectivity index (χ2n) is 25.0. The van der Waals surface area contributed by atoms with Crippen LogP contribution in [0.15, 0.2) is 295 Å². The largest absolute Gasteiger partial charge is 1.00 e. The predicted molar refractivity (Wildman–Crippen MR) is 423 cm³/mol. The maximum atomic E-state index is 10.9. The minimum absolute atomic E-state index is 0. The van der Waals surface area contributed by atoms with Crippen molar-refractivity contribution in [1.82, 2.24) is 24.9 Å². The van der Waals surface area contributed by atoms with Gasteiger partial charge in [-0.05, 0) is 127 Å². The molecule has 20 heteroatoms. The van der Waals surface area contributed by atoms with Crippen LogP contribution in [0.3, 0.4) is 0 Å². The normalized spacial score (nSPS) is 10.5. The van der Waals surface area contributed by atoms with Gasteiger partial charge in [-0.1, -0.05) is 170 Å². The van der Waals surface area contributed by atoms with Gasteiger partial charge in [0, 0.05) is 131 Å². The zero-order valence-electron chi connectivity index (χ0n) is 60.1. The molecule has 0 saturated heterocycles. The molecule has 0 bridgehead atoms. The van der Waals surface area contributed by atoms with Crippen molar-refractivity contribution in [3.05, 3.63) is 334 Å². The maximum Gasteiger partial charge on any atom is 1.00 e. The topological polar surface area (TPSA) is 288 Å². The molecule has 0 amide bonds. The molecular formula is C85H90N11NaO8+2. The number of carbonyl (C=O) groups is 1. The number of aldehydes is 1. The quantitative estimate of drug-likeness (QED) is 0.0241. The number of carbonyl (C=O) groups excluding carboxylic acids is 1.